The Balaban J connectivity index is 1.54. The predicted octanol–water partition coefficient (Wildman–Crippen LogP) is 3.82. The Hall–Kier alpha value is -3.23. The normalized spacial score (nSPS) is 16.8. The van der Waals surface area contributed by atoms with Gasteiger partial charge in [-0.25, -0.2) is 4.79 Å². The highest BCUT2D eigenvalue weighted by molar-refractivity contribution is 5.97. The summed E-state index contributed by atoms with van der Waals surface area (Å²) in [4.78, 5) is 25.9. The fourth-order valence-electron chi connectivity index (χ4n) is 2.87. The Morgan fingerprint density at radius 3 is 2.36 bits per heavy atom. The highest BCUT2D eigenvalue weighted by atomic mass is 19.4. The molecule has 1 atom stereocenters. The minimum atomic E-state index is -4.77. The molecule has 0 saturated carbocycles. The van der Waals surface area contributed by atoms with Crippen LogP contribution < -0.4 is 20.3 Å². The number of carbonyl (C=O) groups is 2. The smallest absolute Gasteiger partial charge is 0.406 e. The molecule has 6 nitrogen and oxygen atoms in total. The number of alkyl halides is 3. The highest BCUT2D eigenvalue weighted by Crippen LogP contribution is 2.24. The van der Waals surface area contributed by atoms with E-state index in [-0.39, 0.29) is 24.1 Å². The Morgan fingerprint density at radius 1 is 1.11 bits per heavy atom. The lowest BCUT2D eigenvalue weighted by Gasteiger charge is -2.17. The SMILES string of the molecule is Cc1ccc(N2CC(NC(=O)Nc3ccc(OC(F)(F)F)cc3)CC2=O)cc1. The second kappa shape index (κ2) is 7.79. The molecule has 2 aromatic rings. The summed E-state index contributed by atoms with van der Waals surface area (Å²) < 4.78 is 40.2. The predicted molar refractivity (Wildman–Crippen MR) is 97.2 cm³/mol. The summed E-state index contributed by atoms with van der Waals surface area (Å²) in [6, 6.07) is 11.4. The van der Waals surface area contributed by atoms with E-state index in [2.05, 4.69) is 15.4 Å². The monoisotopic (exact) mass is 393 g/mol. The van der Waals surface area contributed by atoms with Crippen LogP contribution in [0.5, 0.6) is 5.75 Å². The van der Waals surface area contributed by atoms with Gasteiger partial charge in [0.2, 0.25) is 5.91 Å². The first-order valence-corrected chi connectivity index (χ1v) is 8.50. The molecule has 0 spiro atoms. The lowest BCUT2D eigenvalue weighted by atomic mass is 10.2. The molecule has 3 rings (SSSR count). The minimum Gasteiger partial charge on any atom is -0.406 e. The fourth-order valence-corrected chi connectivity index (χ4v) is 2.87. The zero-order valence-electron chi connectivity index (χ0n) is 14.9. The molecule has 0 aromatic heterocycles. The average molecular weight is 393 g/mol. The summed E-state index contributed by atoms with van der Waals surface area (Å²) in [5, 5.41) is 5.22. The number of benzene rings is 2. The van der Waals surface area contributed by atoms with Gasteiger partial charge < -0.3 is 20.3 Å². The van der Waals surface area contributed by atoms with Crippen LogP contribution >= 0.6 is 0 Å². The van der Waals surface area contributed by atoms with Gasteiger partial charge in [-0.3, -0.25) is 4.79 Å². The molecule has 0 radical (unpaired) electrons. The van der Waals surface area contributed by atoms with Crippen LogP contribution in [0.1, 0.15) is 12.0 Å². The van der Waals surface area contributed by atoms with Gasteiger partial charge in [-0.1, -0.05) is 17.7 Å². The molecular weight excluding hydrogens is 375 g/mol. The van der Waals surface area contributed by atoms with E-state index in [4.69, 9.17) is 0 Å². The van der Waals surface area contributed by atoms with Crippen molar-refractivity contribution in [3.63, 3.8) is 0 Å². The van der Waals surface area contributed by atoms with E-state index in [0.717, 1.165) is 23.4 Å². The second-order valence-electron chi connectivity index (χ2n) is 6.41. The van der Waals surface area contributed by atoms with Crippen molar-refractivity contribution in [3.05, 3.63) is 54.1 Å². The number of ether oxygens (including phenoxy) is 1. The molecule has 148 valence electrons. The van der Waals surface area contributed by atoms with E-state index in [1.54, 1.807) is 4.90 Å². The van der Waals surface area contributed by atoms with Crippen molar-refractivity contribution in [2.75, 3.05) is 16.8 Å². The Bertz CT molecular complexity index is 851. The Labute approximate surface area is 159 Å². The largest absolute Gasteiger partial charge is 0.573 e. The maximum Gasteiger partial charge on any atom is 0.573 e. The lowest BCUT2D eigenvalue weighted by molar-refractivity contribution is -0.274. The van der Waals surface area contributed by atoms with Gasteiger partial charge in [-0.2, -0.15) is 0 Å². The molecule has 0 aliphatic carbocycles. The van der Waals surface area contributed by atoms with Crippen molar-refractivity contribution >= 4 is 23.3 Å². The number of halogens is 3. The van der Waals surface area contributed by atoms with Crippen molar-refractivity contribution in [1.82, 2.24) is 5.32 Å². The molecule has 1 saturated heterocycles. The lowest BCUT2D eigenvalue weighted by Crippen LogP contribution is -2.39. The first-order valence-electron chi connectivity index (χ1n) is 8.50. The van der Waals surface area contributed by atoms with Crippen molar-refractivity contribution < 1.29 is 27.5 Å². The minimum absolute atomic E-state index is 0.0946. The van der Waals surface area contributed by atoms with E-state index < -0.39 is 12.4 Å². The molecule has 2 aromatic carbocycles. The van der Waals surface area contributed by atoms with Gasteiger partial charge in [-0.05, 0) is 43.3 Å². The molecule has 1 aliphatic heterocycles. The van der Waals surface area contributed by atoms with Crippen LogP contribution in [0.15, 0.2) is 48.5 Å². The van der Waals surface area contributed by atoms with E-state index in [1.807, 2.05) is 31.2 Å². The first kappa shape index (κ1) is 19.5. The average Bonchev–Trinajstić information content (AvgIpc) is 2.96. The Morgan fingerprint density at radius 2 is 1.75 bits per heavy atom. The summed E-state index contributed by atoms with van der Waals surface area (Å²) in [5.41, 5.74) is 2.14. The van der Waals surface area contributed by atoms with Crippen LogP contribution in [-0.4, -0.2) is 30.9 Å². The summed E-state index contributed by atoms with van der Waals surface area (Å²) in [6.45, 7) is 2.29. The van der Waals surface area contributed by atoms with Gasteiger partial charge in [0, 0.05) is 24.3 Å². The third-order valence-electron chi connectivity index (χ3n) is 4.15. The van der Waals surface area contributed by atoms with E-state index in [0.29, 0.717) is 12.2 Å². The van der Waals surface area contributed by atoms with E-state index in [9.17, 15) is 22.8 Å². The van der Waals surface area contributed by atoms with Gasteiger partial charge in [0.15, 0.2) is 0 Å². The van der Waals surface area contributed by atoms with Crippen LogP contribution in [0.25, 0.3) is 0 Å². The molecule has 0 bridgehead atoms. The molecule has 1 fully saturated rings. The van der Waals surface area contributed by atoms with Crippen LogP contribution in [0.4, 0.5) is 29.3 Å². The molecule has 3 amide bonds. The quantitative estimate of drug-likeness (QED) is 0.830. The molecule has 1 heterocycles. The van der Waals surface area contributed by atoms with Crippen LogP contribution in [-0.2, 0) is 4.79 Å². The number of hydrogen-bond donors (Lipinski definition) is 2. The maximum absolute atomic E-state index is 12.2. The molecule has 28 heavy (non-hydrogen) atoms. The van der Waals surface area contributed by atoms with Crippen molar-refractivity contribution in [3.8, 4) is 5.75 Å². The van der Waals surface area contributed by atoms with Crippen LogP contribution in [0.3, 0.4) is 0 Å². The molecule has 9 heteroatoms. The van der Waals surface area contributed by atoms with Gasteiger partial charge >= 0.3 is 12.4 Å². The van der Waals surface area contributed by atoms with E-state index in [1.165, 1.54) is 12.1 Å². The third kappa shape index (κ3) is 5.15. The number of hydrogen-bond acceptors (Lipinski definition) is 3. The van der Waals surface area contributed by atoms with Gasteiger partial charge in [0.05, 0.1) is 6.04 Å². The summed E-state index contributed by atoms with van der Waals surface area (Å²) in [5.74, 6) is -0.476. The Kier molecular flexibility index (Phi) is 5.43. The van der Waals surface area contributed by atoms with Crippen molar-refractivity contribution in [1.29, 1.82) is 0 Å². The van der Waals surface area contributed by atoms with E-state index >= 15 is 0 Å². The highest BCUT2D eigenvalue weighted by Gasteiger charge is 2.32. The van der Waals surface area contributed by atoms with Gasteiger partial charge in [0.25, 0.3) is 0 Å². The number of urea groups is 1. The molecular formula is C19H18F3N3O3. The zero-order valence-corrected chi connectivity index (χ0v) is 14.9. The number of rotatable bonds is 4. The number of carbonyl (C=O) groups excluding carboxylic acids is 2. The topological polar surface area (TPSA) is 70.7 Å². The van der Waals surface area contributed by atoms with Crippen molar-refractivity contribution in [2.45, 2.75) is 25.7 Å². The molecule has 2 N–H and O–H groups in total. The summed E-state index contributed by atoms with van der Waals surface area (Å²) in [6.07, 6.45) is -4.61. The number of anilines is 2. The molecule has 1 aliphatic rings. The molecule has 1 unspecified atom stereocenters. The number of nitrogens with zero attached hydrogens (tertiary/aromatic N) is 1. The van der Waals surface area contributed by atoms with Crippen molar-refractivity contribution in [2.24, 2.45) is 0 Å². The first-order chi connectivity index (χ1) is 13.2. The fraction of sp³-hybridized carbons (Fsp3) is 0.263. The third-order valence-corrected chi connectivity index (χ3v) is 4.15. The standard InChI is InChI=1S/C19H18F3N3O3/c1-12-2-6-15(7-3-12)25-11-14(10-17(25)26)24-18(27)23-13-4-8-16(9-5-13)28-19(20,21)22/h2-9,14H,10-11H2,1H3,(H2,23,24,27). The second-order valence-corrected chi connectivity index (χ2v) is 6.41. The summed E-state index contributed by atoms with van der Waals surface area (Å²) in [7, 11) is 0. The number of nitrogens with one attached hydrogen (secondary N) is 2. The van der Waals surface area contributed by atoms with Crippen LogP contribution in [0, 0.1) is 6.92 Å². The van der Waals surface area contributed by atoms with Crippen LogP contribution in [0.2, 0.25) is 0 Å². The van der Waals surface area contributed by atoms with Gasteiger partial charge in [-0.15, -0.1) is 13.2 Å². The number of amides is 3. The van der Waals surface area contributed by atoms with Gasteiger partial charge in [0.1, 0.15) is 5.75 Å². The zero-order chi connectivity index (χ0) is 20.3. The number of aryl methyl sites for hydroxylation is 1. The summed E-state index contributed by atoms with van der Waals surface area (Å²) >= 11 is 0. The maximum atomic E-state index is 12.2.